The smallest absolute Gasteiger partial charge is 0.240 e. The molecule has 0 aliphatic carbocycles. The van der Waals surface area contributed by atoms with E-state index in [1.165, 1.54) is 0 Å². The maximum absolute atomic E-state index is 12.7. The van der Waals surface area contributed by atoms with Gasteiger partial charge in [0.1, 0.15) is 0 Å². The van der Waals surface area contributed by atoms with E-state index in [4.69, 9.17) is 0 Å². The van der Waals surface area contributed by atoms with Crippen LogP contribution in [0.5, 0.6) is 0 Å². The van der Waals surface area contributed by atoms with E-state index in [0.717, 1.165) is 43.9 Å². The molecule has 3 rings (SSSR count). The van der Waals surface area contributed by atoms with Gasteiger partial charge in [-0.05, 0) is 43.7 Å². The number of hydrogen-bond acceptors (Lipinski definition) is 5. The Hall–Kier alpha value is -2.26. The molecule has 0 saturated carbocycles. The van der Waals surface area contributed by atoms with Crippen LogP contribution >= 0.6 is 0 Å². The lowest BCUT2D eigenvalue weighted by Crippen LogP contribution is -2.48. The van der Waals surface area contributed by atoms with E-state index in [2.05, 4.69) is 26.9 Å². The van der Waals surface area contributed by atoms with Crippen molar-refractivity contribution in [1.82, 2.24) is 19.8 Å². The van der Waals surface area contributed by atoms with Gasteiger partial charge in [-0.1, -0.05) is 42.5 Å². The lowest BCUT2D eigenvalue weighted by Gasteiger charge is -2.35. The van der Waals surface area contributed by atoms with E-state index < -0.39 is 10.0 Å². The molecule has 8 heteroatoms. The highest BCUT2D eigenvalue weighted by Crippen LogP contribution is 2.17. The molecule has 1 atom stereocenters. The molecule has 2 aromatic carbocycles. The van der Waals surface area contributed by atoms with Gasteiger partial charge in [0.2, 0.25) is 15.9 Å². The topological polar surface area (TPSA) is 81.7 Å². The fourth-order valence-electron chi connectivity index (χ4n) is 3.85. The average Bonchev–Trinajstić information content (AvgIpc) is 2.77. The summed E-state index contributed by atoms with van der Waals surface area (Å²) in [4.78, 5) is 17.6. The van der Waals surface area contributed by atoms with Crippen molar-refractivity contribution >= 4 is 15.9 Å². The number of hydrogen-bond donors (Lipinski definition) is 2. The Labute approximate surface area is 191 Å². The molecule has 0 spiro atoms. The SMILES string of the molecule is Cc1ccc(C)c(S(=O)(=O)NCCC(=O)NC(CN2CCN(C)CC2)c2ccccc2)c1. The van der Waals surface area contributed by atoms with Crippen LogP contribution in [-0.2, 0) is 14.8 Å². The van der Waals surface area contributed by atoms with E-state index in [0.29, 0.717) is 5.56 Å². The second-order valence-corrected chi connectivity index (χ2v) is 10.3. The highest BCUT2D eigenvalue weighted by Gasteiger charge is 2.22. The number of nitrogens with zero attached hydrogens (tertiary/aromatic N) is 2. The first kappa shape index (κ1) is 24.4. The predicted octanol–water partition coefficient (Wildman–Crippen LogP) is 2.08. The molecule has 7 nitrogen and oxygen atoms in total. The van der Waals surface area contributed by atoms with Crippen LogP contribution in [0.15, 0.2) is 53.4 Å². The molecule has 0 bridgehead atoms. The van der Waals surface area contributed by atoms with Gasteiger partial charge in [-0.25, -0.2) is 13.1 Å². The summed E-state index contributed by atoms with van der Waals surface area (Å²) in [6, 6.07) is 15.1. The van der Waals surface area contributed by atoms with Crippen LogP contribution in [0.3, 0.4) is 0 Å². The Morgan fingerprint density at radius 2 is 1.72 bits per heavy atom. The molecule has 1 aliphatic heterocycles. The van der Waals surface area contributed by atoms with Gasteiger partial charge in [0.25, 0.3) is 0 Å². The number of rotatable bonds is 9. The van der Waals surface area contributed by atoms with E-state index >= 15 is 0 Å². The molecule has 1 fully saturated rings. The molecule has 1 unspecified atom stereocenters. The molecule has 2 N–H and O–H groups in total. The van der Waals surface area contributed by atoms with Crippen LogP contribution in [0, 0.1) is 13.8 Å². The van der Waals surface area contributed by atoms with Gasteiger partial charge in [0.05, 0.1) is 10.9 Å². The number of sulfonamides is 1. The van der Waals surface area contributed by atoms with Crippen LogP contribution in [-0.4, -0.2) is 70.4 Å². The highest BCUT2D eigenvalue weighted by molar-refractivity contribution is 7.89. The molecule has 0 radical (unpaired) electrons. The van der Waals surface area contributed by atoms with Crippen LogP contribution in [0.1, 0.15) is 29.2 Å². The zero-order valence-corrected chi connectivity index (χ0v) is 20.0. The summed E-state index contributed by atoms with van der Waals surface area (Å²) < 4.78 is 27.9. The zero-order chi connectivity index (χ0) is 23.1. The summed E-state index contributed by atoms with van der Waals surface area (Å²) in [6.45, 7) is 8.36. The minimum atomic E-state index is -3.66. The Balaban J connectivity index is 1.58. The van der Waals surface area contributed by atoms with E-state index in [1.807, 2.05) is 43.3 Å². The van der Waals surface area contributed by atoms with Gasteiger partial charge in [0.15, 0.2) is 0 Å². The normalized spacial score (nSPS) is 16.6. The number of carbonyl (C=O) groups is 1. The summed E-state index contributed by atoms with van der Waals surface area (Å²) in [5.74, 6) is -0.170. The lowest BCUT2D eigenvalue weighted by molar-refractivity contribution is -0.121. The molecule has 1 heterocycles. The summed E-state index contributed by atoms with van der Waals surface area (Å²) in [6.07, 6.45) is 0.0795. The van der Waals surface area contributed by atoms with Gasteiger partial charge in [-0.2, -0.15) is 0 Å². The molecular weight excluding hydrogens is 424 g/mol. The average molecular weight is 459 g/mol. The zero-order valence-electron chi connectivity index (χ0n) is 19.2. The number of amides is 1. The third-order valence-corrected chi connectivity index (χ3v) is 7.45. The van der Waals surface area contributed by atoms with Crippen molar-refractivity contribution in [1.29, 1.82) is 0 Å². The van der Waals surface area contributed by atoms with Gasteiger partial charge in [-0.3, -0.25) is 9.69 Å². The monoisotopic (exact) mass is 458 g/mol. The van der Waals surface area contributed by atoms with E-state index in [9.17, 15) is 13.2 Å². The quantitative estimate of drug-likeness (QED) is 0.601. The number of piperazine rings is 1. The van der Waals surface area contributed by atoms with Crippen molar-refractivity contribution in [2.75, 3.05) is 46.3 Å². The molecule has 0 aromatic heterocycles. The third kappa shape index (κ3) is 6.87. The molecule has 1 aliphatic rings. The van der Waals surface area contributed by atoms with E-state index in [1.54, 1.807) is 19.1 Å². The molecule has 32 heavy (non-hydrogen) atoms. The number of benzene rings is 2. The number of likely N-dealkylation sites (N-methyl/N-ethyl adjacent to an activating group) is 1. The van der Waals surface area contributed by atoms with Crippen molar-refractivity contribution in [2.45, 2.75) is 31.2 Å². The number of aryl methyl sites for hydroxylation is 2. The molecule has 2 aromatic rings. The summed E-state index contributed by atoms with van der Waals surface area (Å²) in [5, 5.41) is 3.11. The molecular formula is C24H34N4O3S. The number of carbonyl (C=O) groups excluding carboxylic acids is 1. The minimum absolute atomic E-state index is 0.0531. The second-order valence-electron chi connectivity index (χ2n) is 8.55. The van der Waals surface area contributed by atoms with Gasteiger partial charge in [0, 0.05) is 45.7 Å². The third-order valence-electron chi connectivity index (χ3n) is 5.85. The highest BCUT2D eigenvalue weighted by atomic mass is 32.2. The van der Waals surface area contributed by atoms with E-state index in [-0.39, 0.29) is 29.8 Å². The Morgan fingerprint density at radius 1 is 1.03 bits per heavy atom. The first-order chi connectivity index (χ1) is 15.2. The summed E-state index contributed by atoms with van der Waals surface area (Å²) in [5.41, 5.74) is 2.61. The number of nitrogens with one attached hydrogen (secondary N) is 2. The maximum atomic E-state index is 12.7. The van der Waals surface area contributed by atoms with Crippen LogP contribution < -0.4 is 10.0 Å². The first-order valence-corrected chi connectivity index (χ1v) is 12.5. The van der Waals surface area contributed by atoms with Crippen LogP contribution in [0.4, 0.5) is 0 Å². The fourth-order valence-corrected chi connectivity index (χ4v) is 5.21. The van der Waals surface area contributed by atoms with Crippen molar-refractivity contribution < 1.29 is 13.2 Å². The summed E-state index contributed by atoms with van der Waals surface area (Å²) >= 11 is 0. The second kappa shape index (κ2) is 11.0. The largest absolute Gasteiger partial charge is 0.348 e. The van der Waals surface area contributed by atoms with Gasteiger partial charge >= 0.3 is 0 Å². The van der Waals surface area contributed by atoms with Crippen molar-refractivity contribution in [3.63, 3.8) is 0 Å². The maximum Gasteiger partial charge on any atom is 0.240 e. The first-order valence-electron chi connectivity index (χ1n) is 11.1. The molecule has 174 valence electrons. The Bertz CT molecular complexity index is 1000. The van der Waals surface area contributed by atoms with Crippen LogP contribution in [0.25, 0.3) is 0 Å². The van der Waals surface area contributed by atoms with Crippen molar-refractivity contribution in [2.24, 2.45) is 0 Å². The summed E-state index contributed by atoms with van der Waals surface area (Å²) in [7, 11) is -1.54. The van der Waals surface area contributed by atoms with Crippen LogP contribution in [0.2, 0.25) is 0 Å². The Kier molecular flexibility index (Phi) is 8.42. The fraction of sp³-hybridized carbons (Fsp3) is 0.458. The van der Waals surface area contributed by atoms with Crippen molar-refractivity contribution in [3.8, 4) is 0 Å². The standard InChI is InChI=1S/C24H34N4O3S/c1-19-9-10-20(2)23(17-19)32(30,31)25-12-11-24(29)26-22(21-7-5-4-6-8-21)18-28-15-13-27(3)14-16-28/h4-10,17,22,25H,11-16,18H2,1-3H3,(H,26,29). The Morgan fingerprint density at radius 3 is 2.41 bits per heavy atom. The predicted molar refractivity (Wildman–Crippen MR) is 127 cm³/mol. The van der Waals surface area contributed by atoms with Gasteiger partial charge in [-0.15, -0.1) is 0 Å². The lowest BCUT2D eigenvalue weighted by atomic mass is 10.1. The van der Waals surface area contributed by atoms with Crippen molar-refractivity contribution in [3.05, 3.63) is 65.2 Å². The molecule has 1 saturated heterocycles. The minimum Gasteiger partial charge on any atom is -0.348 e. The molecule has 1 amide bonds. The van der Waals surface area contributed by atoms with Gasteiger partial charge < -0.3 is 10.2 Å².